The molecule has 0 aromatic heterocycles. The Kier molecular flexibility index (Phi) is 7.37. The summed E-state index contributed by atoms with van der Waals surface area (Å²) in [6.45, 7) is 1.16. The molecule has 0 aliphatic rings. The van der Waals surface area contributed by atoms with E-state index in [0.717, 1.165) is 16.5 Å². The third-order valence-electron chi connectivity index (χ3n) is 3.42. The molecule has 128 valence electrons. The van der Waals surface area contributed by atoms with Crippen molar-refractivity contribution in [2.45, 2.75) is 0 Å². The van der Waals surface area contributed by atoms with E-state index in [1.165, 1.54) is 17.9 Å². The van der Waals surface area contributed by atoms with Crippen LogP contribution in [0.3, 0.4) is 0 Å². The molecule has 0 spiro atoms. The predicted octanol–water partition coefficient (Wildman–Crippen LogP) is 3.86. The summed E-state index contributed by atoms with van der Waals surface area (Å²) in [5, 5.41) is 4.71. The van der Waals surface area contributed by atoms with Crippen LogP contribution < -0.4 is 4.74 Å². The summed E-state index contributed by atoms with van der Waals surface area (Å²) in [5.41, 5.74) is 0. The number of fused-ring (bicyclic) bond motifs is 2. The van der Waals surface area contributed by atoms with Gasteiger partial charge in [-0.1, -0.05) is 48.5 Å². The van der Waals surface area contributed by atoms with E-state index in [1.807, 2.05) is 12.1 Å². The maximum atomic E-state index is 7.76. The van der Waals surface area contributed by atoms with Gasteiger partial charge in [0.1, 0.15) is 12.4 Å². The van der Waals surface area contributed by atoms with E-state index in [1.54, 1.807) is 7.11 Å². The molecule has 3 aromatic rings. The van der Waals surface area contributed by atoms with Gasteiger partial charge in [0.25, 0.3) is 0 Å². The molecule has 3 aromatic carbocycles. The number of rotatable bonds is 5. The van der Waals surface area contributed by atoms with Crippen molar-refractivity contribution in [2.24, 2.45) is 0 Å². The first-order valence-corrected chi connectivity index (χ1v) is 8.58. The van der Waals surface area contributed by atoms with Crippen LogP contribution >= 0.6 is 8.60 Å². The van der Waals surface area contributed by atoms with E-state index in [2.05, 4.69) is 47.0 Å². The second kappa shape index (κ2) is 9.52. The summed E-state index contributed by atoms with van der Waals surface area (Å²) in [4.78, 5) is 15.5. The third kappa shape index (κ3) is 4.87. The fraction of sp³-hybridized carbons (Fsp3) is 0.222. The second-order valence-corrected chi connectivity index (χ2v) is 5.80. The molecule has 0 fully saturated rings. The average Bonchev–Trinajstić information content (AvgIpc) is 2.61. The highest BCUT2D eigenvalue weighted by atomic mass is 31.2. The summed E-state index contributed by atoms with van der Waals surface area (Å²) in [6, 6.07) is 18.8. The SMILES string of the molecule is COCCOc1c2ccccc2cc2ccccc12.COP(O)O. The van der Waals surface area contributed by atoms with E-state index >= 15 is 0 Å². The van der Waals surface area contributed by atoms with Crippen LogP contribution in [0.4, 0.5) is 0 Å². The highest BCUT2D eigenvalue weighted by Gasteiger charge is 2.07. The fourth-order valence-electron chi connectivity index (χ4n) is 2.35. The van der Waals surface area contributed by atoms with E-state index in [-0.39, 0.29) is 0 Å². The van der Waals surface area contributed by atoms with E-state index in [0.29, 0.717) is 13.2 Å². The Balaban J connectivity index is 0.000000368. The maximum Gasteiger partial charge on any atom is 0.326 e. The molecule has 0 atom stereocenters. The lowest BCUT2D eigenvalue weighted by molar-refractivity contribution is 0.148. The zero-order valence-electron chi connectivity index (χ0n) is 13.7. The van der Waals surface area contributed by atoms with Gasteiger partial charge in [0.2, 0.25) is 0 Å². The first-order chi connectivity index (χ1) is 11.7. The lowest BCUT2D eigenvalue weighted by Crippen LogP contribution is -2.05. The van der Waals surface area contributed by atoms with Crippen molar-refractivity contribution in [3.8, 4) is 5.75 Å². The number of hydrogen-bond donors (Lipinski definition) is 2. The van der Waals surface area contributed by atoms with Crippen molar-refractivity contribution >= 4 is 30.1 Å². The molecular weight excluding hydrogens is 327 g/mol. The minimum atomic E-state index is -2.10. The summed E-state index contributed by atoms with van der Waals surface area (Å²) >= 11 is 0. The number of benzene rings is 3. The van der Waals surface area contributed by atoms with Crippen molar-refractivity contribution in [1.29, 1.82) is 0 Å². The molecule has 5 nitrogen and oxygen atoms in total. The maximum absolute atomic E-state index is 7.76. The monoisotopic (exact) mass is 348 g/mol. The van der Waals surface area contributed by atoms with Gasteiger partial charge in [-0.05, 0) is 16.8 Å². The Morgan fingerprint density at radius 3 is 1.79 bits per heavy atom. The van der Waals surface area contributed by atoms with Crippen LogP contribution in [0.2, 0.25) is 0 Å². The van der Waals surface area contributed by atoms with Crippen molar-refractivity contribution in [2.75, 3.05) is 27.4 Å². The molecule has 0 saturated carbocycles. The van der Waals surface area contributed by atoms with Gasteiger partial charge >= 0.3 is 8.60 Å². The van der Waals surface area contributed by atoms with Crippen LogP contribution in [0.1, 0.15) is 0 Å². The van der Waals surface area contributed by atoms with Crippen LogP contribution in [-0.4, -0.2) is 37.2 Å². The molecule has 6 heteroatoms. The molecule has 0 radical (unpaired) electrons. The summed E-state index contributed by atoms with van der Waals surface area (Å²) in [7, 11) is 0.815. The predicted molar refractivity (Wildman–Crippen MR) is 97.2 cm³/mol. The molecule has 0 amide bonds. The van der Waals surface area contributed by atoms with Gasteiger partial charge < -0.3 is 23.8 Å². The van der Waals surface area contributed by atoms with Gasteiger partial charge in [0, 0.05) is 25.0 Å². The van der Waals surface area contributed by atoms with Crippen molar-refractivity contribution in [3.63, 3.8) is 0 Å². The van der Waals surface area contributed by atoms with Crippen LogP contribution in [0, 0.1) is 0 Å². The third-order valence-corrected chi connectivity index (χ3v) is 3.75. The topological polar surface area (TPSA) is 68.2 Å². The first kappa shape index (κ1) is 18.6. The van der Waals surface area contributed by atoms with Crippen molar-refractivity contribution in [1.82, 2.24) is 0 Å². The van der Waals surface area contributed by atoms with Crippen LogP contribution in [0.5, 0.6) is 5.75 Å². The fourth-order valence-corrected chi connectivity index (χ4v) is 2.35. The molecule has 0 heterocycles. The highest BCUT2D eigenvalue weighted by molar-refractivity contribution is 7.39. The molecule has 0 aliphatic carbocycles. The quantitative estimate of drug-likeness (QED) is 0.416. The second-order valence-electron chi connectivity index (χ2n) is 4.92. The molecule has 0 bridgehead atoms. The van der Waals surface area contributed by atoms with Gasteiger partial charge in [-0.2, -0.15) is 0 Å². The first-order valence-electron chi connectivity index (χ1n) is 7.41. The van der Waals surface area contributed by atoms with Gasteiger partial charge in [-0.15, -0.1) is 0 Å². The van der Waals surface area contributed by atoms with Crippen LogP contribution in [-0.2, 0) is 9.26 Å². The van der Waals surface area contributed by atoms with Gasteiger partial charge in [0.05, 0.1) is 6.61 Å². The highest BCUT2D eigenvalue weighted by Crippen LogP contribution is 2.34. The van der Waals surface area contributed by atoms with Crippen LogP contribution in [0.15, 0.2) is 54.6 Å². The van der Waals surface area contributed by atoms with Crippen molar-refractivity contribution in [3.05, 3.63) is 54.6 Å². The van der Waals surface area contributed by atoms with Gasteiger partial charge in [-0.3, -0.25) is 0 Å². The minimum absolute atomic E-state index is 0.564. The van der Waals surface area contributed by atoms with E-state index in [9.17, 15) is 0 Å². The largest absolute Gasteiger partial charge is 0.490 e. The van der Waals surface area contributed by atoms with Gasteiger partial charge in [-0.25, -0.2) is 0 Å². The Bertz CT molecular complexity index is 722. The normalized spacial score (nSPS) is 10.7. The molecule has 3 rings (SSSR count). The molecule has 0 unspecified atom stereocenters. The molecule has 2 N–H and O–H groups in total. The minimum Gasteiger partial charge on any atom is -0.490 e. The summed E-state index contributed by atoms with van der Waals surface area (Å²) < 4.78 is 14.9. The van der Waals surface area contributed by atoms with Gasteiger partial charge in [0.15, 0.2) is 0 Å². The zero-order valence-corrected chi connectivity index (χ0v) is 14.6. The average molecular weight is 348 g/mol. The molecule has 0 saturated heterocycles. The molecular formula is C18H21O5P. The lowest BCUT2D eigenvalue weighted by atomic mass is 10.0. The number of hydrogen-bond acceptors (Lipinski definition) is 5. The summed E-state index contributed by atoms with van der Waals surface area (Å²) in [5.74, 6) is 0.950. The Morgan fingerprint density at radius 2 is 1.33 bits per heavy atom. The Hall–Kier alpha value is -1.75. The standard InChI is InChI=1S/C17H16O2.CH5O3P/c1-18-10-11-19-17-15-8-4-2-6-13(15)12-14-7-3-5-9-16(14)17;1-4-5(2)3/h2-9,12H,10-11H2,1H3;2-3H,1H3. The van der Waals surface area contributed by atoms with E-state index < -0.39 is 8.60 Å². The number of ether oxygens (including phenoxy) is 2. The number of methoxy groups -OCH3 is 1. The zero-order chi connectivity index (χ0) is 17.4. The summed E-state index contributed by atoms with van der Waals surface area (Å²) in [6.07, 6.45) is 0. The Labute approximate surface area is 142 Å². The van der Waals surface area contributed by atoms with Crippen molar-refractivity contribution < 1.29 is 23.8 Å². The lowest BCUT2D eigenvalue weighted by Gasteiger charge is -2.12. The molecule has 0 aliphatic heterocycles. The smallest absolute Gasteiger partial charge is 0.326 e. The molecule has 24 heavy (non-hydrogen) atoms. The van der Waals surface area contributed by atoms with Crippen LogP contribution in [0.25, 0.3) is 21.5 Å². The van der Waals surface area contributed by atoms with E-state index in [4.69, 9.17) is 19.3 Å². The Morgan fingerprint density at radius 1 is 0.833 bits per heavy atom.